The van der Waals surface area contributed by atoms with E-state index in [4.69, 9.17) is 0 Å². The molecule has 0 atom stereocenters. The summed E-state index contributed by atoms with van der Waals surface area (Å²) in [7, 11) is 0. The van der Waals surface area contributed by atoms with Crippen LogP contribution < -0.4 is 0 Å². The third-order valence-electron chi connectivity index (χ3n) is 13.5. The second-order valence-electron chi connectivity index (χ2n) is 17.2. The Labute approximate surface area is 397 Å². The maximum absolute atomic E-state index is 2.40. The first-order valence-corrected chi connectivity index (χ1v) is 25.7. The highest BCUT2D eigenvalue weighted by atomic mass is 32.1. The Morgan fingerprint density at radius 1 is 0.227 bits per heavy atom. The monoisotopic (exact) mass is 908 g/mol. The van der Waals surface area contributed by atoms with Gasteiger partial charge in [0.2, 0.25) is 0 Å². The van der Waals surface area contributed by atoms with Gasteiger partial charge in [-0.1, -0.05) is 182 Å². The highest BCUT2D eigenvalue weighted by molar-refractivity contribution is 7.22. The Hall–Kier alpha value is -7.18. The molecule has 0 nitrogen and oxygen atoms in total. The summed E-state index contributed by atoms with van der Waals surface area (Å²) in [5, 5.41) is 20.3. The topological polar surface area (TPSA) is 0 Å². The summed E-state index contributed by atoms with van der Waals surface area (Å²) in [4.78, 5) is 5.26. The molecule has 0 radical (unpaired) electrons. The lowest BCUT2D eigenvalue weighted by atomic mass is 9.94. The van der Waals surface area contributed by atoms with Crippen molar-refractivity contribution in [1.29, 1.82) is 0 Å². The molecule has 0 saturated carbocycles. The summed E-state index contributed by atoms with van der Waals surface area (Å²) in [6.45, 7) is 0. The van der Waals surface area contributed by atoms with Gasteiger partial charge in [0.15, 0.2) is 0 Å². The van der Waals surface area contributed by atoms with Crippen LogP contribution in [0.4, 0.5) is 0 Å². The highest BCUT2D eigenvalue weighted by Crippen LogP contribution is 2.44. The van der Waals surface area contributed by atoms with Gasteiger partial charge in [0.1, 0.15) is 0 Å². The van der Waals surface area contributed by atoms with E-state index in [-0.39, 0.29) is 0 Å². The molecule has 0 N–H and O–H groups in total. The first-order chi connectivity index (χ1) is 32.7. The van der Waals surface area contributed by atoms with Crippen LogP contribution >= 0.6 is 45.3 Å². The van der Waals surface area contributed by atoms with Gasteiger partial charge < -0.3 is 0 Å². The van der Waals surface area contributed by atoms with Crippen LogP contribution in [-0.2, 0) is 0 Å². The van der Waals surface area contributed by atoms with E-state index in [9.17, 15) is 0 Å². The van der Waals surface area contributed by atoms with Crippen molar-refractivity contribution in [3.05, 3.63) is 217 Å². The Morgan fingerprint density at radius 3 is 0.909 bits per heavy atom. The van der Waals surface area contributed by atoms with E-state index in [1.165, 1.54) is 138 Å². The van der Waals surface area contributed by atoms with Gasteiger partial charge in [-0.3, -0.25) is 0 Å². The number of hydrogen-bond acceptors (Lipinski definition) is 4. The third-order valence-corrected chi connectivity index (χ3v) is 17.9. The van der Waals surface area contributed by atoms with Gasteiger partial charge in [0.25, 0.3) is 0 Å². The van der Waals surface area contributed by atoms with Crippen LogP contribution in [0.3, 0.4) is 0 Å². The summed E-state index contributed by atoms with van der Waals surface area (Å²) in [5.41, 5.74) is 10.00. The van der Waals surface area contributed by atoms with Crippen molar-refractivity contribution in [2.24, 2.45) is 0 Å². The zero-order chi connectivity index (χ0) is 43.3. The first-order valence-electron chi connectivity index (χ1n) is 22.3. The largest absolute Gasteiger partial charge is 0.143 e. The molecule has 308 valence electrons. The minimum absolute atomic E-state index is 1.23. The second-order valence-corrected chi connectivity index (χ2v) is 21.1. The highest BCUT2D eigenvalue weighted by Gasteiger charge is 2.15. The molecule has 0 amide bonds. The summed E-state index contributed by atoms with van der Waals surface area (Å²) in [6.07, 6.45) is 0. The van der Waals surface area contributed by atoms with E-state index >= 15 is 0 Å². The molecule has 14 aromatic rings. The molecule has 0 aliphatic heterocycles. The molecule has 0 unspecified atom stereocenters. The quantitative estimate of drug-likeness (QED) is 0.146. The normalized spacial score (nSPS) is 11.9. The molecule has 4 aromatic heterocycles. The number of fused-ring (bicyclic) bond motifs is 11. The van der Waals surface area contributed by atoms with E-state index in [1.54, 1.807) is 0 Å². The molecule has 4 heteroatoms. The zero-order valence-electron chi connectivity index (χ0n) is 35.4. The average Bonchev–Trinajstić information content (AvgIpc) is 4.21. The number of thiophene rings is 4. The van der Waals surface area contributed by atoms with Crippen LogP contribution in [0.15, 0.2) is 217 Å². The van der Waals surface area contributed by atoms with Gasteiger partial charge in [-0.05, 0) is 123 Å². The third kappa shape index (κ3) is 6.21. The van der Waals surface area contributed by atoms with Crippen molar-refractivity contribution in [3.63, 3.8) is 0 Å². The molecule has 0 aliphatic carbocycles. The van der Waals surface area contributed by atoms with Crippen LogP contribution in [-0.4, -0.2) is 0 Å². The van der Waals surface area contributed by atoms with Crippen LogP contribution in [0, 0.1) is 0 Å². The predicted molar refractivity (Wildman–Crippen MR) is 293 cm³/mol. The van der Waals surface area contributed by atoms with Gasteiger partial charge in [-0.2, -0.15) is 0 Å². The van der Waals surface area contributed by atoms with Crippen molar-refractivity contribution in [3.8, 4) is 64.0 Å². The molecular formula is C62H36S4. The Bertz CT molecular complexity index is 3900. The van der Waals surface area contributed by atoms with Gasteiger partial charge in [0, 0.05) is 50.5 Å². The second kappa shape index (κ2) is 15.2. The van der Waals surface area contributed by atoms with Crippen LogP contribution in [0.5, 0.6) is 0 Å². The van der Waals surface area contributed by atoms with Crippen molar-refractivity contribution in [2.45, 2.75) is 0 Å². The minimum Gasteiger partial charge on any atom is -0.143 e. The van der Waals surface area contributed by atoms with Gasteiger partial charge >= 0.3 is 0 Å². The molecule has 66 heavy (non-hydrogen) atoms. The number of hydrogen-bond donors (Lipinski definition) is 0. The molecule has 0 fully saturated rings. The van der Waals surface area contributed by atoms with E-state index in [0.29, 0.717) is 0 Å². The van der Waals surface area contributed by atoms with Crippen molar-refractivity contribution >= 4 is 119 Å². The molecule has 4 heterocycles. The fourth-order valence-corrected chi connectivity index (χ4v) is 14.3. The lowest BCUT2D eigenvalue weighted by Gasteiger charge is -2.09. The van der Waals surface area contributed by atoms with Crippen LogP contribution in [0.1, 0.15) is 0 Å². The lowest BCUT2D eigenvalue weighted by molar-refractivity contribution is 1.62. The molecule has 0 saturated heterocycles. The van der Waals surface area contributed by atoms with E-state index < -0.39 is 0 Å². The fraction of sp³-hybridized carbons (Fsp3) is 0. The van der Waals surface area contributed by atoms with Crippen molar-refractivity contribution in [1.82, 2.24) is 0 Å². The zero-order valence-corrected chi connectivity index (χ0v) is 38.7. The molecule has 0 spiro atoms. The fourth-order valence-electron chi connectivity index (χ4n) is 10.1. The van der Waals surface area contributed by atoms with E-state index in [0.717, 1.165) is 0 Å². The molecule has 14 rings (SSSR count). The smallest absolute Gasteiger partial charge is 0.0421 e. The van der Waals surface area contributed by atoms with Gasteiger partial charge in [-0.25, -0.2) is 0 Å². The minimum atomic E-state index is 1.23. The van der Waals surface area contributed by atoms with Crippen LogP contribution in [0.25, 0.3) is 138 Å². The SMILES string of the molecule is c1ccc2c(-c3ccc(-c4ccc(-c5cc6c(ccc7c6ccc6c8ccc9sc(-c%10ccc(-c%11ccc(-c%12scc%13ccccc%12%13)cc%11)cc%10)cc9c8ccc76)s5)cc4)cc3)scc2c1. The Balaban J connectivity index is 0.737. The maximum atomic E-state index is 2.40. The molecule has 10 aromatic carbocycles. The van der Waals surface area contributed by atoms with E-state index in [2.05, 4.69) is 217 Å². The summed E-state index contributed by atoms with van der Waals surface area (Å²) in [5.74, 6) is 0. The first kappa shape index (κ1) is 38.1. The average molecular weight is 909 g/mol. The molecule has 0 aliphatic rings. The number of benzene rings is 10. The summed E-state index contributed by atoms with van der Waals surface area (Å²) in [6, 6.07) is 77.1. The predicted octanol–water partition coefficient (Wildman–Crippen LogP) is 20.0. The Kier molecular flexibility index (Phi) is 8.78. The molecule has 0 bridgehead atoms. The van der Waals surface area contributed by atoms with Crippen LogP contribution in [0.2, 0.25) is 0 Å². The lowest BCUT2D eigenvalue weighted by Crippen LogP contribution is -1.82. The summed E-state index contributed by atoms with van der Waals surface area (Å²) >= 11 is 7.40. The standard InChI is InChI=1S/C62H36S4/c1-3-7-47-45(5-1)35-63-61(47)43-21-13-39(14-22-43)37-9-17-41(18-10-37)59-33-55-53-27-25-50-49(51(53)29-31-57(55)65-59)26-28-54-52(50)30-32-58-56(54)34-60(66-58)42-19-11-38(12-20-42)40-15-23-44(24-16-40)62-48-8-4-2-6-46(48)36-64-62/h1-36H. The van der Waals surface area contributed by atoms with Crippen molar-refractivity contribution < 1.29 is 0 Å². The number of rotatable bonds is 6. The van der Waals surface area contributed by atoms with Crippen molar-refractivity contribution in [2.75, 3.05) is 0 Å². The summed E-state index contributed by atoms with van der Waals surface area (Å²) < 4.78 is 2.64. The van der Waals surface area contributed by atoms with E-state index in [1.807, 2.05) is 45.3 Å². The Morgan fingerprint density at radius 2 is 0.530 bits per heavy atom. The van der Waals surface area contributed by atoms with Gasteiger partial charge in [-0.15, -0.1) is 45.3 Å². The molecular weight excluding hydrogens is 873 g/mol. The van der Waals surface area contributed by atoms with Gasteiger partial charge in [0.05, 0.1) is 0 Å². The maximum Gasteiger partial charge on any atom is 0.0421 e.